The number of nitrogens with zero attached hydrogens (tertiary/aromatic N) is 1. The Hall–Kier alpha value is -3.62. The number of ether oxygens (including phenoxy) is 2. The fraction of sp³-hybridized carbons (Fsp3) is 0.217. The number of anilines is 1. The maximum absolute atomic E-state index is 12.5. The van der Waals surface area contributed by atoms with Gasteiger partial charge in [-0.25, -0.2) is 5.48 Å². The summed E-state index contributed by atoms with van der Waals surface area (Å²) in [6.45, 7) is 0.454. The molecule has 0 spiro atoms. The lowest BCUT2D eigenvalue weighted by molar-refractivity contribution is -0.0259. The zero-order valence-corrected chi connectivity index (χ0v) is 17.2. The molecule has 162 valence electrons. The van der Waals surface area contributed by atoms with Crippen LogP contribution in [0.3, 0.4) is 0 Å². The molecule has 8 nitrogen and oxygen atoms in total. The van der Waals surface area contributed by atoms with Gasteiger partial charge in [0.15, 0.2) is 0 Å². The molecule has 0 radical (unpaired) electrons. The molecule has 0 aliphatic carbocycles. The van der Waals surface area contributed by atoms with E-state index in [4.69, 9.17) is 14.3 Å². The lowest BCUT2D eigenvalue weighted by Gasteiger charge is -2.14. The molecular weight excluding hydrogens is 398 g/mol. The summed E-state index contributed by atoms with van der Waals surface area (Å²) in [7, 11) is 1.58. The van der Waals surface area contributed by atoms with Crippen molar-refractivity contribution in [3.63, 3.8) is 0 Å². The summed E-state index contributed by atoms with van der Waals surface area (Å²) < 4.78 is 10.6. The second-order valence-corrected chi connectivity index (χ2v) is 6.64. The minimum absolute atomic E-state index is 0.0201. The number of carbonyl (C=O) groups is 1. The molecule has 2 aromatic carbocycles. The van der Waals surface area contributed by atoms with E-state index in [1.807, 2.05) is 24.3 Å². The van der Waals surface area contributed by atoms with Gasteiger partial charge in [0.2, 0.25) is 0 Å². The Morgan fingerprint density at radius 2 is 1.71 bits per heavy atom. The van der Waals surface area contributed by atoms with Gasteiger partial charge in [0.25, 0.3) is 5.91 Å². The normalized spacial score (nSPS) is 11.4. The monoisotopic (exact) mass is 423 g/mol. The molecular formula is C23H25N3O5. The van der Waals surface area contributed by atoms with E-state index in [9.17, 15) is 9.90 Å². The van der Waals surface area contributed by atoms with Crippen LogP contribution in [0.5, 0.6) is 11.5 Å². The Morgan fingerprint density at radius 1 is 1.00 bits per heavy atom. The number of rotatable bonds is 11. The number of pyridine rings is 1. The number of amides is 1. The van der Waals surface area contributed by atoms with Crippen LogP contribution in [0.4, 0.5) is 5.69 Å². The van der Waals surface area contributed by atoms with Crippen LogP contribution in [0, 0.1) is 0 Å². The largest absolute Gasteiger partial charge is 0.497 e. The fourth-order valence-corrected chi connectivity index (χ4v) is 2.70. The second-order valence-electron chi connectivity index (χ2n) is 6.64. The minimum atomic E-state index is -0.914. The van der Waals surface area contributed by atoms with Crippen molar-refractivity contribution in [2.45, 2.75) is 12.6 Å². The fourth-order valence-electron chi connectivity index (χ4n) is 2.70. The van der Waals surface area contributed by atoms with E-state index >= 15 is 0 Å². The summed E-state index contributed by atoms with van der Waals surface area (Å²) in [5, 5.41) is 13.2. The predicted molar refractivity (Wildman–Crippen MR) is 116 cm³/mol. The number of hydroxylamine groups is 1. The summed E-state index contributed by atoms with van der Waals surface area (Å²) in [5.41, 5.74) is 4.50. The van der Waals surface area contributed by atoms with Gasteiger partial charge in [-0.1, -0.05) is 12.1 Å². The van der Waals surface area contributed by atoms with Crippen molar-refractivity contribution in [2.75, 3.05) is 25.6 Å². The van der Waals surface area contributed by atoms with Crippen LogP contribution in [-0.2, 0) is 11.4 Å². The molecule has 8 heteroatoms. The van der Waals surface area contributed by atoms with Gasteiger partial charge in [-0.3, -0.25) is 14.6 Å². The van der Waals surface area contributed by atoms with Crippen LogP contribution in [0.25, 0.3) is 0 Å². The van der Waals surface area contributed by atoms with E-state index in [1.54, 1.807) is 55.9 Å². The van der Waals surface area contributed by atoms with E-state index in [-0.39, 0.29) is 13.2 Å². The lowest BCUT2D eigenvalue weighted by Crippen LogP contribution is -2.31. The average molecular weight is 423 g/mol. The van der Waals surface area contributed by atoms with Crippen LogP contribution in [0.2, 0.25) is 0 Å². The van der Waals surface area contributed by atoms with Crippen LogP contribution in [-0.4, -0.2) is 42.4 Å². The molecule has 0 fully saturated rings. The standard InChI is InChI=1S/C23H25N3O5/c1-29-19-6-8-20(9-7-19)30-15-18(27)16-31-26-23(28)21-4-2-3-5-22(21)25-14-17-10-12-24-13-11-17/h2-13,18,25,27H,14-16H2,1H3,(H,26,28). The van der Waals surface area contributed by atoms with Crippen molar-refractivity contribution in [2.24, 2.45) is 0 Å². The molecule has 0 aliphatic heterocycles. The summed E-state index contributed by atoms with van der Waals surface area (Å²) >= 11 is 0. The van der Waals surface area contributed by atoms with Gasteiger partial charge < -0.3 is 19.9 Å². The first-order valence-corrected chi connectivity index (χ1v) is 9.74. The molecule has 1 heterocycles. The summed E-state index contributed by atoms with van der Waals surface area (Å²) in [4.78, 5) is 21.6. The van der Waals surface area contributed by atoms with E-state index in [0.717, 1.165) is 11.3 Å². The Morgan fingerprint density at radius 3 is 2.45 bits per heavy atom. The number of para-hydroxylation sites is 1. The summed E-state index contributed by atoms with van der Waals surface area (Å²) in [5.74, 6) is 0.897. The molecule has 0 saturated heterocycles. The summed E-state index contributed by atoms with van der Waals surface area (Å²) in [6, 6.07) is 17.9. The van der Waals surface area contributed by atoms with E-state index < -0.39 is 12.0 Å². The van der Waals surface area contributed by atoms with Crippen molar-refractivity contribution in [1.29, 1.82) is 0 Å². The molecule has 1 unspecified atom stereocenters. The van der Waals surface area contributed by atoms with Crippen LogP contribution in [0.1, 0.15) is 15.9 Å². The average Bonchev–Trinajstić information content (AvgIpc) is 2.82. The highest BCUT2D eigenvalue weighted by Gasteiger charge is 2.12. The van der Waals surface area contributed by atoms with Crippen molar-refractivity contribution < 1.29 is 24.2 Å². The molecule has 0 bridgehead atoms. The smallest absolute Gasteiger partial charge is 0.276 e. The number of methoxy groups -OCH3 is 1. The van der Waals surface area contributed by atoms with Gasteiger partial charge in [-0.05, 0) is 54.1 Å². The number of aromatic nitrogens is 1. The molecule has 31 heavy (non-hydrogen) atoms. The number of benzene rings is 2. The third-order valence-electron chi connectivity index (χ3n) is 4.35. The Bertz CT molecular complexity index is 951. The Labute approximate surface area is 180 Å². The van der Waals surface area contributed by atoms with Gasteiger partial charge >= 0.3 is 0 Å². The zero-order valence-electron chi connectivity index (χ0n) is 17.2. The van der Waals surface area contributed by atoms with E-state index in [0.29, 0.717) is 23.5 Å². The highest BCUT2D eigenvalue weighted by Crippen LogP contribution is 2.18. The predicted octanol–water partition coefficient (Wildman–Crippen LogP) is 2.80. The van der Waals surface area contributed by atoms with Crippen molar-refractivity contribution >= 4 is 11.6 Å². The minimum Gasteiger partial charge on any atom is -0.497 e. The Kier molecular flexibility index (Phi) is 8.21. The van der Waals surface area contributed by atoms with Crippen molar-refractivity contribution in [1.82, 2.24) is 10.5 Å². The molecule has 1 aromatic heterocycles. The second kappa shape index (κ2) is 11.5. The highest BCUT2D eigenvalue weighted by molar-refractivity contribution is 5.98. The third-order valence-corrected chi connectivity index (χ3v) is 4.35. The quantitative estimate of drug-likeness (QED) is 0.408. The molecule has 0 aliphatic rings. The first kappa shape index (κ1) is 22.1. The molecule has 0 saturated carbocycles. The number of hydrogen-bond acceptors (Lipinski definition) is 7. The van der Waals surface area contributed by atoms with E-state index in [2.05, 4.69) is 15.8 Å². The number of hydrogen-bond donors (Lipinski definition) is 3. The van der Waals surface area contributed by atoms with Gasteiger partial charge in [0.05, 0.1) is 12.7 Å². The van der Waals surface area contributed by atoms with Crippen molar-refractivity contribution in [3.05, 3.63) is 84.2 Å². The maximum atomic E-state index is 12.5. The first-order valence-electron chi connectivity index (χ1n) is 9.74. The number of aliphatic hydroxyl groups is 1. The zero-order chi connectivity index (χ0) is 21.9. The molecule has 3 N–H and O–H groups in total. The van der Waals surface area contributed by atoms with Gasteiger partial charge in [-0.2, -0.15) is 0 Å². The number of nitrogens with one attached hydrogen (secondary N) is 2. The number of aliphatic hydroxyl groups excluding tert-OH is 1. The topological polar surface area (TPSA) is 102 Å². The lowest BCUT2D eigenvalue weighted by atomic mass is 10.1. The summed E-state index contributed by atoms with van der Waals surface area (Å²) in [6.07, 6.45) is 2.52. The molecule has 3 aromatic rings. The van der Waals surface area contributed by atoms with Gasteiger partial charge in [-0.15, -0.1) is 0 Å². The SMILES string of the molecule is COc1ccc(OCC(O)CONC(=O)c2ccccc2NCc2ccncc2)cc1. The number of carbonyl (C=O) groups excluding carboxylic acids is 1. The highest BCUT2D eigenvalue weighted by atomic mass is 16.7. The first-order chi connectivity index (χ1) is 15.2. The van der Waals surface area contributed by atoms with E-state index in [1.165, 1.54) is 0 Å². The van der Waals surface area contributed by atoms with Crippen LogP contribution >= 0.6 is 0 Å². The molecule has 1 atom stereocenters. The van der Waals surface area contributed by atoms with Gasteiger partial charge in [0.1, 0.15) is 30.8 Å². The third kappa shape index (κ3) is 6.98. The maximum Gasteiger partial charge on any atom is 0.276 e. The Balaban J connectivity index is 1.43. The van der Waals surface area contributed by atoms with Gasteiger partial charge in [0, 0.05) is 24.6 Å². The van der Waals surface area contributed by atoms with Crippen LogP contribution in [0.15, 0.2) is 73.1 Å². The van der Waals surface area contributed by atoms with Crippen molar-refractivity contribution in [3.8, 4) is 11.5 Å². The molecule has 1 amide bonds. The molecule has 3 rings (SSSR count). The van der Waals surface area contributed by atoms with Crippen LogP contribution < -0.4 is 20.3 Å².